The second kappa shape index (κ2) is 10.7. The fraction of sp³-hybridized carbons (Fsp3) is 0.0556. The number of halogens is 3. The summed E-state index contributed by atoms with van der Waals surface area (Å²) in [6.07, 6.45) is 1.55. The van der Waals surface area contributed by atoms with Gasteiger partial charge >= 0.3 is 20.1 Å². The van der Waals surface area contributed by atoms with Crippen molar-refractivity contribution >= 4 is 0 Å². The van der Waals surface area contributed by atoms with Crippen molar-refractivity contribution in [2.24, 2.45) is 0 Å². The van der Waals surface area contributed by atoms with Gasteiger partial charge in [0.05, 0.1) is 0 Å². The third kappa shape index (κ3) is 6.24. The number of hydrogen-bond acceptors (Lipinski definition) is 1. The van der Waals surface area contributed by atoms with E-state index in [1.165, 1.54) is 0 Å². The maximum Gasteiger partial charge on any atom is 3.00 e. The van der Waals surface area contributed by atoms with Gasteiger partial charge in [-0.3, -0.25) is 8.78 Å². The molecule has 0 saturated carbocycles. The van der Waals surface area contributed by atoms with Gasteiger partial charge in [-0.15, -0.1) is 18.7 Å². The van der Waals surface area contributed by atoms with E-state index in [-0.39, 0.29) is 32.2 Å². The molecule has 0 fully saturated rings. The molecule has 0 atom stereocenters. The van der Waals surface area contributed by atoms with Crippen molar-refractivity contribution in [1.29, 1.82) is 0 Å². The van der Waals surface area contributed by atoms with E-state index in [2.05, 4.69) is 22.7 Å². The van der Waals surface area contributed by atoms with Crippen LogP contribution in [0.2, 0.25) is 0 Å². The minimum absolute atomic E-state index is 0. The monoisotopic (exact) mass is 506 g/mol. The summed E-state index contributed by atoms with van der Waals surface area (Å²) in [6, 6.07) is 19.5. The standard InChI is InChI=1S/C11H6F2N.C7H6FN.Ir/c12-8-4-5-9(10(13)7-8)11-3-1-2-6-14-11;8-9-6-7-4-2-1-3-5-7;/h1-4,6-7H;1-4H,6H2;/q-1;-2;+3. The van der Waals surface area contributed by atoms with Gasteiger partial charge in [0.15, 0.2) is 0 Å². The van der Waals surface area contributed by atoms with Crippen LogP contribution >= 0.6 is 0 Å². The summed E-state index contributed by atoms with van der Waals surface area (Å²) < 4.78 is 37.1. The van der Waals surface area contributed by atoms with Crippen LogP contribution < -0.4 is 0 Å². The second-order valence-electron chi connectivity index (χ2n) is 4.42. The van der Waals surface area contributed by atoms with Crippen LogP contribution in [0.25, 0.3) is 16.8 Å². The van der Waals surface area contributed by atoms with Crippen LogP contribution in [-0.4, -0.2) is 4.98 Å². The van der Waals surface area contributed by atoms with Crippen LogP contribution in [0.1, 0.15) is 5.56 Å². The minimum Gasteiger partial charge on any atom is -0.490 e. The van der Waals surface area contributed by atoms with E-state index in [1.807, 2.05) is 12.1 Å². The van der Waals surface area contributed by atoms with E-state index in [1.54, 1.807) is 36.5 Å². The number of rotatable bonds is 3. The molecule has 0 radical (unpaired) electrons. The van der Waals surface area contributed by atoms with Crippen molar-refractivity contribution < 1.29 is 33.4 Å². The Morgan fingerprint density at radius 1 is 1.04 bits per heavy atom. The van der Waals surface area contributed by atoms with Crippen molar-refractivity contribution in [1.82, 2.24) is 4.98 Å². The summed E-state index contributed by atoms with van der Waals surface area (Å²) in [4.78, 5) is 3.95. The van der Waals surface area contributed by atoms with E-state index in [9.17, 15) is 13.3 Å². The molecule has 0 spiro atoms. The Kier molecular flexibility index (Phi) is 8.94. The average molecular weight is 506 g/mol. The summed E-state index contributed by atoms with van der Waals surface area (Å²) in [7, 11) is 0. The van der Waals surface area contributed by atoms with Crippen LogP contribution in [0.5, 0.6) is 0 Å². The smallest absolute Gasteiger partial charge is 0.490 e. The molecule has 0 aliphatic rings. The SMILES string of the molecule is F[N-]Cc1[c-]cccc1.Fc1c[c-]c(-c2ccccn2)c(F)c1.[Ir+3]. The molecule has 124 valence electrons. The molecule has 0 amide bonds. The zero-order chi connectivity index (χ0) is 16.5. The zero-order valence-corrected chi connectivity index (χ0v) is 14.7. The number of nitrogens with zero attached hydrogens (tertiary/aromatic N) is 2. The number of aromatic nitrogens is 1. The topological polar surface area (TPSA) is 27.0 Å². The zero-order valence-electron chi connectivity index (χ0n) is 12.3. The molecular formula is C18H12F3IrN2. The molecule has 2 aromatic carbocycles. The Balaban J connectivity index is 0.000000252. The molecule has 3 aromatic rings. The van der Waals surface area contributed by atoms with Gasteiger partial charge in [0.1, 0.15) is 0 Å². The Morgan fingerprint density at radius 2 is 1.83 bits per heavy atom. The fourth-order valence-corrected chi connectivity index (χ4v) is 1.75. The Labute approximate surface area is 152 Å². The summed E-state index contributed by atoms with van der Waals surface area (Å²) in [5.41, 5.74) is 3.89. The Morgan fingerprint density at radius 3 is 2.42 bits per heavy atom. The van der Waals surface area contributed by atoms with Crippen molar-refractivity contribution in [3.63, 3.8) is 0 Å². The third-order valence-electron chi connectivity index (χ3n) is 2.78. The van der Waals surface area contributed by atoms with E-state index < -0.39 is 11.6 Å². The first-order valence-corrected chi connectivity index (χ1v) is 6.72. The number of pyridine rings is 1. The molecule has 0 unspecified atom stereocenters. The van der Waals surface area contributed by atoms with Crippen LogP contribution in [-0.2, 0) is 26.7 Å². The van der Waals surface area contributed by atoms with Gasteiger partial charge in [-0.25, -0.2) is 0 Å². The molecule has 0 aliphatic heterocycles. The molecule has 2 nitrogen and oxygen atoms in total. The van der Waals surface area contributed by atoms with Gasteiger partial charge < -0.3 is 15.0 Å². The van der Waals surface area contributed by atoms with Gasteiger partial charge in [-0.2, -0.15) is 35.9 Å². The summed E-state index contributed by atoms with van der Waals surface area (Å²) in [5, 5.41) is 0. The normalized spacial score (nSPS) is 9.46. The second-order valence-corrected chi connectivity index (χ2v) is 4.42. The summed E-state index contributed by atoms with van der Waals surface area (Å²) >= 11 is 0. The van der Waals surface area contributed by atoms with Crippen LogP contribution in [0.4, 0.5) is 13.3 Å². The van der Waals surface area contributed by atoms with E-state index >= 15 is 0 Å². The van der Waals surface area contributed by atoms with Gasteiger partial charge in [-0.1, -0.05) is 23.8 Å². The largest absolute Gasteiger partial charge is 3.00 e. The first kappa shape index (κ1) is 20.0. The molecule has 24 heavy (non-hydrogen) atoms. The number of hydrogen-bond donors (Lipinski definition) is 0. The van der Waals surface area contributed by atoms with Crippen molar-refractivity contribution in [3.05, 3.63) is 95.7 Å². The first-order valence-electron chi connectivity index (χ1n) is 6.72. The van der Waals surface area contributed by atoms with E-state index in [0.29, 0.717) is 5.69 Å². The van der Waals surface area contributed by atoms with Crippen LogP contribution in [0.3, 0.4) is 0 Å². The number of benzene rings is 2. The van der Waals surface area contributed by atoms with Gasteiger partial charge in [-0.05, 0) is 11.8 Å². The van der Waals surface area contributed by atoms with Crippen molar-refractivity contribution in [3.8, 4) is 11.3 Å². The van der Waals surface area contributed by atoms with Crippen LogP contribution in [0.15, 0.2) is 60.8 Å². The summed E-state index contributed by atoms with van der Waals surface area (Å²) in [5.74, 6) is -1.29. The van der Waals surface area contributed by atoms with E-state index in [4.69, 9.17) is 0 Å². The molecular weight excluding hydrogens is 493 g/mol. The summed E-state index contributed by atoms with van der Waals surface area (Å²) in [6.45, 7) is 0.112. The molecule has 0 N–H and O–H groups in total. The average Bonchev–Trinajstić information content (AvgIpc) is 2.57. The van der Waals surface area contributed by atoms with E-state index in [0.717, 1.165) is 17.7 Å². The maximum absolute atomic E-state index is 13.2. The van der Waals surface area contributed by atoms with Crippen molar-refractivity contribution in [2.45, 2.75) is 6.54 Å². The molecule has 1 heterocycles. The quantitative estimate of drug-likeness (QED) is 0.457. The van der Waals surface area contributed by atoms with Gasteiger partial charge in [0.2, 0.25) is 0 Å². The molecule has 0 aliphatic carbocycles. The van der Waals surface area contributed by atoms with Gasteiger partial charge in [0, 0.05) is 17.8 Å². The predicted octanol–water partition coefficient (Wildman–Crippen LogP) is 5.07. The maximum atomic E-state index is 13.2. The molecule has 6 heteroatoms. The van der Waals surface area contributed by atoms with Gasteiger partial charge in [0.25, 0.3) is 0 Å². The Bertz CT molecular complexity index is 725. The molecule has 3 rings (SSSR count). The predicted molar refractivity (Wildman–Crippen MR) is 81.9 cm³/mol. The minimum atomic E-state index is -0.649. The Hall–Kier alpha value is -2.01. The first-order chi connectivity index (χ1) is 11.2. The molecule has 0 saturated heterocycles. The van der Waals surface area contributed by atoms with Crippen molar-refractivity contribution in [2.75, 3.05) is 0 Å². The fourth-order valence-electron chi connectivity index (χ4n) is 1.75. The van der Waals surface area contributed by atoms with Crippen LogP contribution in [0, 0.1) is 23.8 Å². The molecule has 0 bridgehead atoms. The third-order valence-corrected chi connectivity index (χ3v) is 2.78. The molecule has 1 aromatic heterocycles.